The quantitative estimate of drug-likeness (QED) is 0.0672. The van der Waals surface area contributed by atoms with Crippen LogP contribution in [0.1, 0.15) is 73.2 Å². The summed E-state index contributed by atoms with van der Waals surface area (Å²) in [7, 11) is 3.27. The van der Waals surface area contributed by atoms with Gasteiger partial charge < -0.3 is 38.9 Å². The second-order valence-corrected chi connectivity index (χ2v) is 12.1. The molecule has 2 aromatic carbocycles. The maximum Gasteiger partial charge on any atom is 0.305 e. The van der Waals surface area contributed by atoms with Gasteiger partial charge in [-0.3, -0.25) is 9.59 Å². The summed E-state index contributed by atoms with van der Waals surface area (Å²) in [5, 5.41) is 15.0. The topological polar surface area (TPSA) is 161 Å². The van der Waals surface area contributed by atoms with Gasteiger partial charge in [-0.15, -0.1) is 10.2 Å². The van der Waals surface area contributed by atoms with Crippen LogP contribution in [0, 0.1) is 0 Å². The molecule has 0 fully saturated rings. The minimum atomic E-state index is -0.220. The molecule has 0 saturated heterocycles. The predicted molar refractivity (Wildman–Crippen MR) is 196 cm³/mol. The van der Waals surface area contributed by atoms with Gasteiger partial charge in [-0.05, 0) is 74.6 Å². The first-order valence-corrected chi connectivity index (χ1v) is 17.8. The van der Waals surface area contributed by atoms with Gasteiger partial charge in [-0.1, -0.05) is 24.6 Å². The van der Waals surface area contributed by atoms with Crippen LogP contribution in [0.2, 0.25) is 0 Å². The zero-order chi connectivity index (χ0) is 36.8. The van der Waals surface area contributed by atoms with Gasteiger partial charge in [-0.2, -0.15) is 0 Å². The zero-order valence-corrected chi connectivity index (χ0v) is 30.4. The van der Waals surface area contributed by atoms with Gasteiger partial charge in [0.05, 0.1) is 52.7 Å². The SMILES string of the molecule is COC(=O)CCCOCCOCCOCCCCCCOc1cccc([C@@H](C)NC(=O)c2cccc(NCc3nnc(-c4ccncn4)n3C)c2)c1. The fourth-order valence-electron chi connectivity index (χ4n) is 5.16. The highest BCUT2D eigenvalue weighted by Gasteiger charge is 2.14. The van der Waals surface area contributed by atoms with Crippen molar-refractivity contribution >= 4 is 17.6 Å². The lowest BCUT2D eigenvalue weighted by Gasteiger charge is -2.16. The van der Waals surface area contributed by atoms with Crippen molar-refractivity contribution in [1.82, 2.24) is 30.0 Å². The lowest BCUT2D eigenvalue weighted by molar-refractivity contribution is -0.141. The average molecular weight is 718 g/mol. The van der Waals surface area contributed by atoms with Gasteiger partial charge in [0, 0.05) is 44.1 Å². The Morgan fingerprint density at radius 3 is 2.31 bits per heavy atom. The summed E-state index contributed by atoms with van der Waals surface area (Å²) in [6.07, 6.45) is 8.21. The molecule has 280 valence electrons. The molecule has 1 amide bonds. The molecule has 0 unspecified atom stereocenters. The van der Waals surface area contributed by atoms with Crippen LogP contribution in [0.3, 0.4) is 0 Å². The second-order valence-electron chi connectivity index (χ2n) is 12.1. The number of hydrogen-bond donors (Lipinski definition) is 2. The molecule has 52 heavy (non-hydrogen) atoms. The van der Waals surface area contributed by atoms with Crippen LogP contribution in [0.25, 0.3) is 11.5 Å². The van der Waals surface area contributed by atoms with Crippen LogP contribution < -0.4 is 15.4 Å². The summed E-state index contributed by atoms with van der Waals surface area (Å²) in [6, 6.07) is 16.8. The van der Waals surface area contributed by atoms with Gasteiger partial charge in [0.15, 0.2) is 11.6 Å². The number of ether oxygens (including phenoxy) is 5. The highest BCUT2D eigenvalue weighted by Crippen LogP contribution is 2.21. The number of rotatable bonds is 25. The Morgan fingerprint density at radius 2 is 1.56 bits per heavy atom. The Morgan fingerprint density at radius 1 is 0.827 bits per heavy atom. The van der Waals surface area contributed by atoms with Crippen LogP contribution in [0.4, 0.5) is 5.69 Å². The van der Waals surface area contributed by atoms with Crippen molar-refractivity contribution in [2.45, 2.75) is 58.0 Å². The van der Waals surface area contributed by atoms with Crippen LogP contribution in [0.5, 0.6) is 5.75 Å². The van der Waals surface area contributed by atoms with Crippen LogP contribution >= 0.6 is 0 Å². The van der Waals surface area contributed by atoms with E-state index < -0.39 is 0 Å². The average Bonchev–Trinajstić information content (AvgIpc) is 3.55. The normalized spacial score (nSPS) is 11.6. The van der Waals surface area contributed by atoms with Crippen molar-refractivity contribution in [3.05, 3.63) is 84.1 Å². The van der Waals surface area contributed by atoms with Crippen molar-refractivity contribution in [2.24, 2.45) is 7.05 Å². The van der Waals surface area contributed by atoms with Gasteiger partial charge in [0.25, 0.3) is 5.91 Å². The van der Waals surface area contributed by atoms with E-state index in [1.165, 1.54) is 13.4 Å². The number of aromatic nitrogens is 5. The summed E-state index contributed by atoms with van der Waals surface area (Å²) < 4.78 is 29.0. The highest BCUT2D eigenvalue weighted by atomic mass is 16.5. The Labute approximate surface area is 305 Å². The van der Waals surface area contributed by atoms with E-state index in [0.717, 1.165) is 48.5 Å². The number of anilines is 1. The molecule has 0 aliphatic carbocycles. The number of amides is 1. The van der Waals surface area contributed by atoms with Crippen molar-refractivity contribution in [3.63, 3.8) is 0 Å². The molecule has 2 aromatic heterocycles. The summed E-state index contributed by atoms with van der Waals surface area (Å²) in [6.45, 7) is 6.33. The number of nitrogens with zero attached hydrogens (tertiary/aromatic N) is 5. The molecule has 4 rings (SSSR count). The first kappa shape index (κ1) is 39.9. The van der Waals surface area contributed by atoms with Gasteiger partial charge in [-0.25, -0.2) is 9.97 Å². The minimum absolute atomic E-state index is 0.168. The van der Waals surface area contributed by atoms with E-state index in [-0.39, 0.29) is 17.9 Å². The summed E-state index contributed by atoms with van der Waals surface area (Å²) >= 11 is 0. The number of hydrogen-bond acceptors (Lipinski definition) is 12. The Bertz CT molecular complexity index is 1640. The maximum absolute atomic E-state index is 13.2. The second kappa shape index (κ2) is 22.8. The fraction of sp³-hybridized carbons (Fsp3) is 0.474. The molecule has 0 aliphatic heterocycles. The van der Waals surface area contributed by atoms with E-state index in [0.29, 0.717) is 82.7 Å². The molecule has 2 heterocycles. The largest absolute Gasteiger partial charge is 0.494 e. The minimum Gasteiger partial charge on any atom is -0.494 e. The number of carbonyl (C=O) groups is 2. The molecule has 1 atom stereocenters. The lowest BCUT2D eigenvalue weighted by atomic mass is 10.1. The zero-order valence-electron chi connectivity index (χ0n) is 30.4. The maximum atomic E-state index is 13.2. The molecular formula is C38H51N7O7. The number of benzene rings is 2. The van der Waals surface area contributed by atoms with Crippen molar-refractivity contribution < 1.29 is 33.3 Å². The van der Waals surface area contributed by atoms with Crippen LogP contribution in [-0.4, -0.2) is 90.0 Å². The molecule has 14 nitrogen and oxygen atoms in total. The number of methoxy groups -OCH3 is 1. The Hall–Kier alpha value is -4.92. The number of esters is 1. The van der Waals surface area contributed by atoms with Crippen molar-refractivity contribution in [2.75, 3.05) is 58.7 Å². The van der Waals surface area contributed by atoms with E-state index >= 15 is 0 Å². The molecule has 0 spiro atoms. The Kier molecular flexibility index (Phi) is 17.5. The van der Waals surface area contributed by atoms with E-state index in [1.807, 2.05) is 61.0 Å². The molecule has 14 heteroatoms. The van der Waals surface area contributed by atoms with Crippen molar-refractivity contribution in [3.8, 4) is 17.3 Å². The third kappa shape index (κ3) is 14.0. The van der Waals surface area contributed by atoms with Gasteiger partial charge >= 0.3 is 5.97 Å². The third-order valence-electron chi connectivity index (χ3n) is 8.15. The number of carbonyl (C=O) groups excluding carboxylic acids is 2. The van der Waals surface area contributed by atoms with E-state index in [2.05, 4.69) is 35.5 Å². The van der Waals surface area contributed by atoms with Gasteiger partial charge in [0.2, 0.25) is 0 Å². The summed E-state index contributed by atoms with van der Waals surface area (Å²) in [4.78, 5) is 32.4. The van der Waals surface area contributed by atoms with E-state index in [1.54, 1.807) is 18.3 Å². The first-order valence-electron chi connectivity index (χ1n) is 17.8. The molecule has 2 N–H and O–H groups in total. The summed E-state index contributed by atoms with van der Waals surface area (Å²) in [5.41, 5.74) is 3.00. The molecule has 0 aliphatic rings. The van der Waals surface area contributed by atoms with Crippen molar-refractivity contribution in [1.29, 1.82) is 0 Å². The molecule has 0 saturated carbocycles. The monoisotopic (exact) mass is 717 g/mol. The van der Waals surface area contributed by atoms with Crippen LogP contribution in [0.15, 0.2) is 67.1 Å². The van der Waals surface area contributed by atoms with E-state index in [9.17, 15) is 9.59 Å². The fourth-order valence-corrected chi connectivity index (χ4v) is 5.16. The smallest absolute Gasteiger partial charge is 0.305 e. The molecular weight excluding hydrogens is 666 g/mol. The first-order chi connectivity index (χ1) is 25.4. The molecule has 0 bridgehead atoms. The highest BCUT2D eigenvalue weighted by molar-refractivity contribution is 5.95. The third-order valence-corrected chi connectivity index (χ3v) is 8.15. The Balaban J connectivity index is 1.06. The van der Waals surface area contributed by atoms with E-state index in [4.69, 9.17) is 18.9 Å². The number of unbranched alkanes of at least 4 members (excludes halogenated alkanes) is 3. The van der Waals surface area contributed by atoms with Gasteiger partial charge in [0.1, 0.15) is 17.8 Å². The summed E-state index contributed by atoms with van der Waals surface area (Å²) in [5.74, 6) is 1.78. The van der Waals surface area contributed by atoms with Crippen LogP contribution in [-0.2, 0) is 37.3 Å². The molecule has 0 radical (unpaired) electrons. The lowest BCUT2D eigenvalue weighted by Crippen LogP contribution is -2.26. The number of nitrogens with one attached hydrogen (secondary N) is 2. The predicted octanol–water partition coefficient (Wildman–Crippen LogP) is 5.32. The molecule has 4 aromatic rings. The standard InChI is InChI=1S/C38H51N7O7/c1-29(42-38(47)31-12-8-13-32(25-31)40-27-35-43-44-37(45(35)2)34-16-17-39-28-41-34)30-11-9-14-33(26-30)52-20-7-5-4-6-18-49-21-23-51-24-22-50-19-10-15-36(46)48-3/h8-9,11-14,16-17,25-26,28-29,40H,4-7,10,15,18-24,27H2,1-3H3,(H,42,47)/t29-/m1/s1.